The molecular formula is C16H16ClN. The third-order valence-electron chi connectivity index (χ3n) is 3.72. The van der Waals surface area contributed by atoms with Gasteiger partial charge in [0.25, 0.3) is 0 Å². The quantitative estimate of drug-likeness (QED) is 0.654. The summed E-state index contributed by atoms with van der Waals surface area (Å²) in [5, 5.41) is 1.93. The lowest BCUT2D eigenvalue weighted by atomic mass is 9.86. The Labute approximate surface area is 112 Å². The Bertz CT molecular complexity index is 616. The summed E-state index contributed by atoms with van der Waals surface area (Å²) in [6.07, 6.45) is 8.10. The molecule has 0 saturated carbocycles. The molecule has 0 bridgehead atoms. The lowest BCUT2D eigenvalue weighted by Crippen LogP contribution is -2.04. The summed E-state index contributed by atoms with van der Waals surface area (Å²) in [5.41, 5.74) is 3.58. The lowest BCUT2D eigenvalue weighted by Gasteiger charge is -2.20. The van der Waals surface area contributed by atoms with Gasteiger partial charge in [-0.05, 0) is 61.9 Å². The number of hydrogen-bond donors (Lipinski definition) is 0. The maximum Gasteiger partial charge on any atom is 0.0706 e. The minimum Gasteiger partial charge on any atom is -0.253 e. The number of fused-ring (bicyclic) bond motifs is 1. The zero-order chi connectivity index (χ0) is 12.5. The smallest absolute Gasteiger partial charge is 0.0706 e. The Morgan fingerprint density at radius 3 is 2.89 bits per heavy atom. The van der Waals surface area contributed by atoms with E-state index in [-0.39, 0.29) is 0 Å². The van der Waals surface area contributed by atoms with E-state index in [4.69, 9.17) is 16.6 Å². The van der Waals surface area contributed by atoms with Crippen LogP contribution in [0.5, 0.6) is 0 Å². The molecule has 1 aromatic heterocycles. The molecule has 0 N–H and O–H groups in total. The molecule has 0 amide bonds. The number of allylic oxidation sites excluding steroid dienone is 2. The molecule has 1 unspecified atom stereocenters. The molecule has 1 heterocycles. The second-order valence-electron chi connectivity index (χ2n) is 4.98. The van der Waals surface area contributed by atoms with Gasteiger partial charge in [0.15, 0.2) is 0 Å². The first-order chi connectivity index (χ1) is 8.74. The van der Waals surface area contributed by atoms with Crippen molar-refractivity contribution >= 4 is 22.5 Å². The molecule has 1 nitrogen and oxygen atoms in total. The van der Waals surface area contributed by atoms with Crippen molar-refractivity contribution < 1.29 is 0 Å². The molecular weight excluding hydrogens is 242 g/mol. The van der Waals surface area contributed by atoms with Crippen LogP contribution in [0.3, 0.4) is 0 Å². The van der Waals surface area contributed by atoms with E-state index in [0.717, 1.165) is 28.0 Å². The number of halogens is 1. The summed E-state index contributed by atoms with van der Waals surface area (Å²) in [7, 11) is 0. The number of hydrogen-bond acceptors (Lipinski definition) is 1. The number of pyridine rings is 1. The van der Waals surface area contributed by atoms with E-state index in [2.05, 4.69) is 25.1 Å². The Morgan fingerprint density at radius 1 is 1.22 bits per heavy atom. The van der Waals surface area contributed by atoms with Crippen molar-refractivity contribution in [1.29, 1.82) is 0 Å². The zero-order valence-corrected chi connectivity index (χ0v) is 11.2. The molecule has 92 valence electrons. The highest BCUT2D eigenvalue weighted by molar-refractivity contribution is 6.31. The average molecular weight is 258 g/mol. The molecule has 1 aliphatic carbocycles. The highest BCUT2D eigenvalue weighted by Crippen LogP contribution is 2.32. The zero-order valence-electron chi connectivity index (χ0n) is 10.5. The van der Waals surface area contributed by atoms with Crippen molar-refractivity contribution in [3.05, 3.63) is 52.7 Å². The Morgan fingerprint density at radius 2 is 2.11 bits per heavy atom. The SMILES string of the molecule is Cc1nc2ccc(Cl)cc2cc1C1CC=CCC1. The van der Waals surface area contributed by atoms with Crippen LogP contribution in [0.1, 0.15) is 36.4 Å². The van der Waals surface area contributed by atoms with Crippen LogP contribution in [-0.4, -0.2) is 4.98 Å². The van der Waals surface area contributed by atoms with E-state index in [1.54, 1.807) is 0 Å². The van der Waals surface area contributed by atoms with Gasteiger partial charge in [0.2, 0.25) is 0 Å². The number of aromatic nitrogens is 1. The summed E-state index contributed by atoms with van der Waals surface area (Å²) in [6.45, 7) is 2.11. The summed E-state index contributed by atoms with van der Waals surface area (Å²) in [6, 6.07) is 8.17. The van der Waals surface area contributed by atoms with Crippen molar-refractivity contribution in [2.45, 2.75) is 32.1 Å². The van der Waals surface area contributed by atoms with E-state index >= 15 is 0 Å². The number of aryl methyl sites for hydroxylation is 1. The van der Waals surface area contributed by atoms with Crippen LogP contribution in [0.25, 0.3) is 10.9 Å². The van der Waals surface area contributed by atoms with Gasteiger partial charge in [-0.25, -0.2) is 0 Å². The number of rotatable bonds is 1. The van der Waals surface area contributed by atoms with Crippen LogP contribution in [0.4, 0.5) is 0 Å². The molecule has 2 aromatic rings. The Kier molecular flexibility index (Phi) is 3.09. The van der Waals surface area contributed by atoms with Gasteiger partial charge in [-0.3, -0.25) is 4.98 Å². The van der Waals surface area contributed by atoms with E-state index in [1.165, 1.54) is 18.4 Å². The van der Waals surface area contributed by atoms with E-state index in [1.807, 2.05) is 18.2 Å². The number of benzene rings is 1. The lowest BCUT2D eigenvalue weighted by molar-refractivity contribution is 0.612. The molecule has 0 saturated heterocycles. The normalized spacial score (nSPS) is 19.3. The fourth-order valence-corrected chi connectivity index (χ4v) is 2.93. The van der Waals surface area contributed by atoms with E-state index in [0.29, 0.717) is 5.92 Å². The summed E-state index contributed by atoms with van der Waals surface area (Å²) in [5.74, 6) is 0.617. The Balaban J connectivity index is 2.11. The number of nitrogens with zero attached hydrogens (tertiary/aromatic N) is 1. The van der Waals surface area contributed by atoms with E-state index in [9.17, 15) is 0 Å². The molecule has 3 rings (SSSR count). The molecule has 0 fully saturated rings. The first kappa shape index (κ1) is 11.7. The fraction of sp³-hybridized carbons (Fsp3) is 0.312. The molecule has 2 heteroatoms. The largest absolute Gasteiger partial charge is 0.253 e. The van der Waals surface area contributed by atoms with Crippen LogP contribution in [-0.2, 0) is 0 Å². The standard InChI is InChI=1S/C16H16ClN/c1-11-15(12-5-3-2-4-6-12)10-13-9-14(17)7-8-16(13)18-11/h2-3,7-10,12H,4-6H2,1H3. The van der Waals surface area contributed by atoms with Gasteiger partial charge in [0.1, 0.15) is 0 Å². The molecule has 0 aliphatic heterocycles. The van der Waals surface area contributed by atoms with Gasteiger partial charge in [0, 0.05) is 16.1 Å². The van der Waals surface area contributed by atoms with Crippen LogP contribution in [0.2, 0.25) is 5.02 Å². The molecule has 1 aromatic carbocycles. The van der Waals surface area contributed by atoms with Crippen LogP contribution < -0.4 is 0 Å². The second-order valence-corrected chi connectivity index (χ2v) is 5.42. The maximum absolute atomic E-state index is 6.06. The topological polar surface area (TPSA) is 12.9 Å². The van der Waals surface area contributed by atoms with Crippen molar-refractivity contribution in [2.24, 2.45) is 0 Å². The van der Waals surface area contributed by atoms with Crippen molar-refractivity contribution in [3.8, 4) is 0 Å². The predicted molar refractivity (Wildman–Crippen MR) is 77.2 cm³/mol. The summed E-state index contributed by atoms with van der Waals surface area (Å²) < 4.78 is 0. The summed E-state index contributed by atoms with van der Waals surface area (Å²) >= 11 is 6.06. The molecule has 18 heavy (non-hydrogen) atoms. The van der Waals surface area contributed by atoms with E-state index < -0.39 is 0 Å². The minimum atomic E-state index is 0.617. The highest BCUT2D eigenvalue weighted by Gasteiger charge is 2.16. The van der Waals surface area contributed by atoms with Crippen molar-refractivity contribution in [3.63, 3.8) is 0 Å². The molecule has 0 spiro atoms. The van der Waals surface area contributed by atoms with Gasteiger partial charge in [-0.2, -0.15) is 0 Å². The maximum atomic E-state index is 6.06. The van der Waals surface area contributed by atoms with Gasteiger partial charge in [-0.15, -0.1) is 0 Å². The minimum absolute atomic E-state index is 0.617. The highest BCUT2D eigenvalue weighted by atomic mass is 35.5. The summed E-state index contributed by atoms with van der Waals surface area (Å²) in [4.78, 5) is 4.71. The molecule has 0 radical (unpaired) electrons. The second kappa shape index (κ2) is 4.74. The van der Waals surface area contributed by atoms with Crippen molar-refractivity contribution in [2.75, 3.05) is 0 Å². The van der Waals surface area contributed by atoms with Crippen LogP contribution >= 0.6 is 11.6 Å². The monoisotopic (exact) mass is 257 g/mol. The fourth-order valence-electron chi connectivity index (χ4n) is 2.75. The third kappa shape index (κ3) is 2.15. The van der Waals surface area contributed by atoms with Gasteiger partial charge in [-0.1, -0.05) is 23.8 Å². The van der Waals surface area contributed by atoms with Crippen molar-refractivity contribution in [1.82, 2.24) is 4.98 Å². The molecule has 1 atom stereocenters. The average Bonchev–Trinajstić information content (AvgIpc) is 2.39. The van der Waals surface area contributed by atoms with Crippen LogP contribution in [0, 0.1) is 6.92 Å². The van der Waals surface area contributed by atoms with Gasteiger partial charge in [0.05, 0.1) is 5.52 Å². The van der Waals surface area contributed by atoms with Gasteiger partial charge >= 0.3 is 0 Å². The van der Waals surface area contributed by atoms with Crippen LogP contribution in [0.15, 0.2) is 36.4 Å². The third-order valence-corrected chi connectivity index (χ3v) is 3.95. The first-order valence-corrected chi connectivity index (χ1v) is 6.83. The first-order valence-electron chi connectivity index (χ1n) is 6.46. The predicted octanol–water partition coefficient (Wildman–Crippen LogP) is 5.02. The van der Waals surface area contributed by atoms with Gasteiger partial charge < -0.3 is 0 Å². The molecule has 1 aliphatic rings. The Hall–Kier alpha value is -1.34.